The Balaban J connectivity index is 1.57. The molecule has 176 valence electrons. The highest BCUT2D eigenvalue weighted by Crippen LogP contribution is 2.33. The zero-order valence-electron chi connectivity index (χ0n) is 18.6. The van der Waals surface area contributed by atoms with Gasteiger partial charge in [-0.1, -0.05) is 33.6 Å². The van der Waals surface area contributed by atoms with E-state index in [1.165, 1.54) is 6.07 Å². The van der Waals surface area contributed by atoms with E-state index in [-0.39, 0.29) is 13.2 Å². The summed E-state index contributed by atoms with van der Waals surface area (Å²) in [5, 5.41) is 2.04. The van der Waals surface area contributed by atoms with Crippen molar-refractivity contribution in [2.24, 2.45) is 7.05 Å². The zero-order chi connectivity index (χ0) is 24.5. The van der Waals surface area contributed by atoms with Crippen molar-refractivity contribution >= 4 is 55.4 Å². The second-order valence-electron chi connectivity index (χ2n) is 7.94. The zero-order valence-corrected chi connectivity index (χ0v) is 20.9. The summed E-state index contributed by atoms with van der Waals surface area (Å²) in [5.74, 6) is 0.215. The molecule has 0 saturated heterocycles. The van der Waals surface area contributed by atoms with Crippen LogP contribution in [0.2, 0.25) is 5.02 Å². The summed E-state index contributed by atoms with van der Waals surface area (Å²) in [6.07, 6.45) is 0. The maximum Gasteiger partial charge on any atom is 0.338 e. The summed E-state index contributed by atoms with van der Waals surface area (Å²) in [6.45, 7) is 0.245. The first-order chi connectivity index (χ1) is 16.9. The fourth-order valence-corrected chi connectivity index (χ4v) is 4.54. The second kappa shape index (κ2) is 9.60. The molecule has 5 aromatic rings. The minimum Gasteiger partial charge on any atom is -0.487 e. The van der Waals surface area contributed by atoms with Gasteiger partial charge in [-0.05, 0) is 60.7 Å². The third-order valence-corrected chi connectivity index (χ3v) is 6.56. The number of esters is 1. The number of aromatic nitrogens is 1. The van der Waals surface area contributed by atoms with Crippen LogP contribution in [-0.4, -0.2) is 10.5 Å². The van der Waals surface area contributed by atoms with Crippen LogP contribution in [0.5, 0.6) is 5.75 Å². The van der Waals surface area contributed by atoms with Crippen molar-refractivity contribution in [1.82, 2.24) is 4.57 Å². The predicted octanol–water partition coefficient (Wildman–Crippen LogP) is 6.64. The highest BCUT2D eigenvalue weighted by atomic mass is 79.9. The van der Waals surface area contributed by atoms with Crippen LogP contribution in [0.4, 0.5) is 0 Å². The Morgan fingerprint density at radius 1 is 1.03 bits per heavy atom. The number of fused-ring (bicyclic) bond motifs is 3. The lowest BCUT2D eigenvalue weighted by Gasteiger charge is -2.11. The number of rotatable bonds is 6. The molecule has 0 aliphatic rings. The minimum absolute atomic E-state index is 0.0000421. The van der Waals surface area contributed by atoms with Crippen molar-refractivity contribution in [3.63, 3.8) is 0 Å². The Morgan fingerprint density at radius 2 is 1.83 bits per heavy atom. The number of carbonyl (C=O) groups excluding carboxylic acids is 1. The van der Waals surface area contributed by atoms with Gasteiger partial charge in [0.15, 0.2) is 0 Å². The molecule has 0 fully saturated rings. The standard InChI is InChI=1S/C27H19BrClNO5/c1-30-22-10-11-24-20(9-12-25(31)35-24)26(22)21(14-34-27(32)16-3-2-4-18(29)13-16)23(30)15-33-19-7-5-17(28)6-8-19/h2-13H,14-15H2,1H3. The van der Waals surface area contributed by atoms with Crippen molar-refractivity contribution in [3.8, 4) is 5.75 Å². The molecule has 0 N–H and O–H groups in total. The molecule has 6 nitrogen and oxygen atoms in total. The van der Waals surface area contributed by atoms with Gasteiger partial charge in [-0.25, -0.2) is 9.59 Å². The normalized spacial score (nSPS) is 11.2. The molecule has 3 aromatic carbocycles. The second-order valence-corrected chi connectivity index (χ2v) is 9.29. The number of hydrogen-bond acceptors (Lipinski definition) is 5. The monoisotopic (exact) mass is 551 g/mol. The Bertz CT molecular complexity index is 1620. The number of halogens is 2. The fraction of sp³-hybridized carbons (Fsp3) is 0.111. The summed E-state index contributed by atoms with van der Waals surface area (Å²) < 4.78 is 20.1. The number of nitrogens with zero attached hydrogens (tertiary/aromatic N) is 1. The molecule has 0 aliphatic carbocycles. The molecular weight excluding hydrogens is 534 g/mol. The van der Waals surface area contributed by atoms with Crippen LogP contribution in [0.1, 0.15) is 21.6 Å². The Kier molecular flexibility index (Phi) is 6.36. The summed E-state index contributed by atoms with van der Waals surface area (Å²) >= 11 is 9.46. The van der Waals surface area contributed by atoms with Crippen molar-refractivity contribution in [3.05, 3.63) is 110 Å². The number of ether oxygens (including phenoxy) is 2. The highest BCUT2D eigenvalue weighted by molar-refractivity contribution is 9.10. The summed E-state index contributed by atoms with van der Waals surface area (Å²) in [6, 6.07) is 20.9. The average molecular weight is 553 g/mol. The molecule has 0 bridgehead atoms. The van der Waals surface area contributed by atoms with E-state index in [1.807, 2.05) is 41.9 Å². The molecule has 8 heteroatoms. The van der Waals surface area contributed by atoms with E-state index < -0.39 is 11.6 Å². The highest BCUT2D eigenvalue weighted by Gasteiger charge is 2.21. The molecule has 0 saturated carbocycles. The lowest BCUT2D eigenvalue weighted by molar-refractivity contribution is 0.0472. The molecule has 0 spiro atoms. The molecular formula is C27H19BrClNO5. The van der Waals surface area contributed by atoms with Gasteiger partial charge in [-0.15, -0.1) is 0 Å². The van der Waals surface area contributed by atoms with Gasteiger partial charge in [0.1, 0.15) is 24.5 Å². The van der Waals surface area contributed by atoms with Gasteiger partial charge >= 0.3 is 11.6 Å². The third-order valence-electron chi connectivity index (χ3n) is 5.79. The van der Waals surface area contributed by atoms with Gasteiger partial charge in [0.25, 0.3) is 0 Å². The predicted molar refractivity (Wildman–Crippen MR) is 138 cm³/mol. The summed E-state index contributed by atoms with van der Waals surface area (Å²) in [5.41, 5.74) is 2.89. The number of aryl methyl sites for hydroxylation is 1. The Labute approximate surface area is 213 Å². The lowest BCUT2D eigenvalue weighted by Crippen LogP contribution is -2.09. The summed E-state index contributed by atoms with van der Waals surface area (Å²) in [7, 11) is 1.93. The first kappa shape index (κ1) is 23.2. The van der Waals surface area contributed by atoms with Gasteiger partial charge in [-0.3, -0.25) is 0 Å². The van der Waals surface area contributed by atoms with Gasteiger partial charge < -0.3 is 18.5 Å². The van der Waals surface area contributed by atoms with Gasteiger partial charge in [0, 0.05) is 44.5 Å². The van der Waals surface area contributed by atoms with Crippen LogP contribution in [-0.2, 0) is 25.0 Å². The molecule has 0 amide bonds. The number of hydrogen-bond donors (Lipinski definition) is 0. The first-order valence-corrected chi connectivity index (χ1v) is 11.9. The van der Waals surface area contributed by atoms with Gasteiger partial charge in [0.2, 0.25) is 0 Å². The molecule has 5 rings (SSSR count). The number of carbonyl (C=O) groups is 1. The maximum atomic E-state index is 12.8. The van der Waals surface area contributed by atoms with Gasteiger partial charge in [0.05, 0.1) is 11.3 Å². The molecule has 2 aromatic heterocycles. The van der Waals surface area contributed by atoms with Crippen molar-refractivity contribution in [2.45, 2.75) is 13.2 Å². The van der Waals surface area contributed by atoms with Crippen LogP contribution in [0.25, 0.3) is 21.9 Å². The summed E-state index contributed by atoms with van der Waals surface area (Å²) in [4.78, 5) is 24.5. The van der Waals surface area contributed by atoms with Gasteiger partial charge in [-0.2, -0.15) is 0 Å². The van der Waals surface area contributed by atoms with E-state index >= 15 is 0 Å². The molecule has 0 unspecified atom stereocenters. The molecule has 2 heterocycles. The van der Waals surface area contributed by atoms with Crippen LogP contribution >= 0.6 is 27.5 Å². The topological polar surface area (TPSA) is 70.7 Å². The van der Waals surface area contributed by atoms with E-state index in [0.29, 0.717) is 21.9 Å². The van der Waals surface area contributed by atoms with Crippen molar-refractivity contribution < 1.29 is 18.7 Å². The molecule has 0 aliphatic heterocycles. The van der Waals surface area contributed by atoms with Crippen LogP contribution in [0.15, 0.2) is 86.5 Å². The lowest BCUT2D eigenvalue weighted by atomic mass is 10.1. The Hall–Kier alpha value is -3.55. The number of benzene rings is 3. The minimum atomic E-state index is -0.490. The SMILES string of the molecule is Cn1c(COc2ccc(Br)cc2)c(COC(=O)c2cccc(Cl)c2)c2c3ccc(=O)oc3ccc21. The third kappa shape index (κ3) is 4.70. The van der Waals surface area contributed by atoms with Crippen LogP contribution in [0.3, 0.4) is 0 Å². The Morgan fingerprint density at radius 3 is 2.60 bits per heavy atom. The molecule has 0 radical (unpaired) electrons. The molecule has 0 atom stereocenters. The van der Waals surface area contributed by atoms with E-state index in [9.17, 15) is 9.59 Å². The van der Waals surface area contributed by atoms with Crippen LogP contribution in [0, 0.1) is 0 Å². The van der Waals surface area contributed by atoms with Crippen molar-refractivity contribution in [1.29, 1.82) is 0 Å². The van der Waals surface area contributed by atoms with Crippen LogP contribution < -0.4 is 10.4 Å². The maximum absolute atomic E-state index is 12.8. The quantitative estimate of drug-likeness (QED) is 0.175. The van der Waals surface area contributed by atoms with Crippen molar-refractivity contribution in [2.75, 3.05) is 0 Å². The van der Waals surface area contributed by atoms with E-state index in [0.717, 1.165) is 32.0 Å². The molecule has 35 heavy (non-hydrogen) atoms. The fourth-order valence-electron chi connectivity index (χ4n) is 4.08. The van der Waals surface area contributed by atoms with E-state index in [4.69, 9.17) is 25.5 Å². The smallest absolute Gasteiger partial charge is 0.338 e. The van der Waals surface area contributed by atoms with E-state index in [1.54, 1.807) is 36.4 Å². The largest absolute Gasteiger partial charge is 0.487 e. The first-order valence-electron chi connectivity index (χ1n) is 10.7. The van der Waals surface area contributed by atoms with E-state index in [2.05, 4.69) is 15.9 Å². The average Bonchev–Trinajstić information content (AvgIpc) is 3.12.